The number of halogens is 1. The van der Waals surface area contributed by atoms with E-state index in [0.29, 0.717) is 17.3 Å². The number of nitrogens with zero attached hydrogens (tertiary/aromatic N) is 3. The lowest BCUT2D eigenvalue weighted by molar-refractivity contribution is -0.125. The van der Waals surface area contributed by atoms with Crippen LogP contribution in [0.1, 0.15) is 28.6 Å². The van der Waals surface area contributed by atoms with E-state index in [1.54, 1.807) is 11.8 Å². The number of benzene rings is 3. The summed E-state index contributed by atoms with van der Waals surface area (Å²) in [6.45, 7) is 1.99. The zero-order valence-corrected chi connectivity index (χ0v) is 21.2. The van der Waals surface area contributed by atoms with Gasteiger partial charge in [0.15, 0.2) is 11.0 Å². The number of amides is 1. The summed E-state index contributed by atoms with van der Waals surface area (Å²) in [5.74, 6) is 1.15. The van der Waals surface area contributed by atoms with Crippen molar-refractivity contribution in [2.45, 2.75) is 30.3 Å². The number of aromatic nitrogens is 3. The Hall–Kier alpha value is -3.13. The zero-order chi connectivity index (χ0) is 24.6. The molecule has 1 amide bonds. The molecule has 0 saturated carbocycles. The van der Waals surface area contributed by atoms with Crippen LogP contribution in [0, 0.1) is 6.92 Å². The molecule has 180 valence electrons. The molecule has 1 N–H and O–H groups in total. The minimum atomic E-state index is -0.419. The number of aryl methyl sites for hydroxylation is 1. The quantitative estimate of drug-likeness (QED) is 0.285. The summed E-state index contributed by atoms with van der Waals surface area (Å²) in [5, 5.41) is 13.6. The van der Waals surface area contributed by atoms with Gasteiger partial charge in [-0.1, -0.05) is 90.1 Å². The van der Waals surface area contributed by atoms with Crippen LogP contribution in [0.5, 0.6) is 0 Å². The van der Waals surface area contributed by atoms with Crippen molar-refractivity contribution >= 4 is 29.3 Å². The fourth-order valence-electron chi connectivity index (χ4n) is 3.80. The highest BCUT2D eigenvalue weighted by atomic mass is 35.5. The van der Waals surface area contributed by atoms with Gasteiger partial charge in [-0.25, -0.2) is 0 Å². The molecule has 0 radical (unpaired) electrons. The molecule has 35 heavy (non-hydrogen) atoms. The van der Waals surface area contributed by atoms with Crippen molar-refractivity contribution in [3.05, 3.63) is 106 Å². The van der Waals surface area contributed by atoms with Crippen molar-refractivity contribution in [3.8, 4) is 5.69 Å². The normalized spacial score (nSPS) is 11.9. The van der Waals surface area contributed by atoms with Crippen LogP contribution >= 0.6 is 23.4 Å². The summed E-state index contributed by atoms with van der Waals surface area (Å²) in [6.07, 6.45) is 0.553. The van der Waals surface area contributed by atoms with E-state index in [2.05, 4.69) is 27.6 Å². The molecule has 0 saturated heterocycles. The molecule has 0 bridgehead atoms. The lowest BCUT2D eigenvalue weighted by atomic mass is 10.0. The van der Waals surface area contributed by atoms with E-state index >= 15 is 0 Å². The molecule has 1 aromatic heterocycles. The van der Waals surface area contributed by atoms with E-state index in [4.69, 9.17) is 16.3 Å². The Kier molecular flexibility index (Phi) is 8.58. The zero-order valence-electron chi connectivity index (χ0n) is 19.6. The van der Waals surface area contributed by atoms with Crippen LogP contribution in [0.15, 0.2) is 84.0 Å². The third kappa shape index (κ3) is 6.51. The summed E-state index contributed by atoms with van der Waals surface area (Å²) >= 11 is 7.99. The van der Waals surface area contributed by atoms with E-state index in [9.17, 15) is 4.79 Å². The Bertz CT molecular complexity index is 1260. The van der Waals surface area contributed by atoms with E-state index < -0.39 is 6.04 Å². The molecule has 4 aromatic rings. The molecule has 0 spiro atoms. The standard InChI is InChI=1S/C27H27ClN4O2S/c1-19-13-14-22(28)16-24(19)32-26(30-31-27(32)35-18-21-11-7-4-8-12-21)23(29-25(33)17-34-2)15-20-9-5-3-6-10-20/h3-14,16,23H,15,17-18H2,1-2H3,(H,29,33). The van der Waals surface area contributed by atoms with Crippen LogP contribution in [-0.4, -0.2) is 34.4 Å². The van der Waals surface area contributed by atoms with Gasteiger partial charge < -0.3 is 10.1 Å². The first-order valence-corrected chi connectivity index (χ1v) is 12.6. The number of carbonyl (C=O) groups is 1. The Balaban J connectivity index is 1.77. The molecule has 0 aliphatic heterocycles. The van der Waals surface area contributed by atoms with Crippen LogP contribution < -0.4 is 5.32 Å². The Morgan fingerprint density at radius 3 is 2.40 bits per heavy atom. The van der Waals surface area contributed by atoms with Crippen molar-refractivity contribution in [1.29, 1.82) is 0 Å². The van der Waals surface area contributed by atoms with Crippen molar-refractivity contribution in [2.24, 2.45) is 0 Å². The van der Waals surface area contributed by atoms with Gasteiger partial charge in [-0.05, 0) is 42.2 Å². The number of ether oxygens (including phenoxy) is 1. The molecule has 8 heteroatoms. The molecule has 3 aromatic carbocycles. The molecule has 1 unspecified atom stereocenters. The van der Waals surface area contributed by atoms with Crippen LogP contribution in [0.25, 0.3) is 5.69 Å². The summed E-state index contributed by atoms with van der Waals surface area (Å²) in [6, 6.07) is 25.5. The highest BCUT2D eigenvalue weighted by Gasteiger charge is 2.25. The third-order valence-corrected chi connectivity index (χ3v) is 6.72. The van der Waals surface area contributed by atoms with Gasteiger partial charge in [0.1, 0.15) is 6.61 Å². The lowest BCUT2D eigenvalue weighted by Crippen LogP contribution is -2.34. The first-order valence-electron chi connectivity index (χ1n) is 11.3. The number of nitrogens with one attached hydrogen (secondary N) is 1. The highest BCUT2D eigenvalue weighted by molar-refractivity contribution is 7.98. The number of methoxy groups -OCH3 is 1. The number of rotatable bonds is 10. The number of hydrogen-bond acceptors (Lipinski definition) is 5. The molecule has 1 heterocycles. The second-order valence-corrected chi connectivity index (χ2v) is 9.50. The first-order chi connectivity index (χ1) is 17.0. The maximum absolute atomic E-state index is 12.6. The average molecular weight is 507 g/mol. The van der Waals surface area contributed by atoms with E-state index in [1.807, 2.05) is 78.2 Å². The van der Waals surface area contributed by atoms with E-state index in [1.165, 1.54) is 12.7 Å². The predicted molar refractivity (Wildman–Crippen MR) is 140 cm³/mol. The van der Waals surface area contributed by atoms with Gasteiger partial charge in [-0.2, -0.15) is 0 Å². The van der Waals surface area contributed by atoms with Crippen LogP contribution in [-0.2, 0) is 21.7 Å². The SMILES string of the molecule is COCC(=O)NC(Cc1ccccc1)c1nnc(SCc2ccccc2)n1-c1cc(Cl)ccc1C. The summed E-state index contributed by atoms with van der Waals surface area (Å²) in [7, 11) is 1.50. The number of carbonyl (C=O) groups excluding carboxylic acids is 1. The Morgan fingerprint density at radius 2 is 1.71 bits per heavy atom. The van der Waals surface area contributed by atoms with Gasteiger partial charge in [0.05, 0.1) is 11.7 Å². The summed E-state index contributed by atoms with van der Waals surface area (Å²) < 4.78 is 7.07. The molecule has 0 aliphatic rings. The first kappa shape index (κ1) is 25.0. The lowest BCUT2D eigenvalue weighted by Gasteiger charge is -2.21. The fourth-order valence-corrected chi connectivity index (χ4v) is 4.87. The number of thioether (sulfide) groups is 1. The van der Waals surface area contributed by atoms with Crippen LogP contribution in [0.3, 0.4) is 0 Å². The van der Waals surface area contributed by atoms with Gasteiger partial charge in [0.2, 0.25) is 5.91 Å². The molecule has 0 aliphatic carbocycles. The highest BCUT2D eigenvalue weighted by Crippen LogP contribution is 2.31. The van der Waals surface area contributed by atoms with Gasteiger partial charge in [-0.3, -0.25) is 9.36 Å². The van der Waals surface area contributed by atoms with Crippen LogP contribution in [0.4, 0.5) is 0 Å². The van der Waals surface area contributed by atoms with Crippen LogP contribution in [0.2, 0.25) is 5.02 Å². The second kappa shape index (κ2) is 12.0. The van der Waals surface area contributed by atoms with Gasteiger partial charge >= 0.3 is 0 Å². The van der Waals surface area contributed by atoms with E-state index in [-0.39, 0.29) is 12.5 Å². The molecule has 1 atom stereocenters. The number of hydrogen-bond donors (Lipinski definition) is 1. The fraction of sp³-hybridized carbons (Fsp3) is 0.222. The predicted octanol–water partition coefficient (Wildman–Crippen LogP) is 5.57. The van der Waals surface area contributed by atoms with Gasteiger partial charge in [0, 0.05) is 17.9 Å². The molecule has 4 rings (SSSR count). The minimum Gasteiger partial charge on any atom is -0.375 e. The Morgan fingerprint density at radius 1 is 1.03 bits per heavy atom. The second-order valence-electron chi connectivity index (χ2n) is 8.12. The maximum Gasteiger partial charge on any atom is 0.246 e. The molecule has 0 fully saturated rings. The average Bonchev–Trinajstić information content (AvgIpc) is 3.29. The Labute approximate surface area is 214 Å². The summed E-state index contributed by atoms with van der Waals surface area (Å²) in [4.78, 5) is 12.6. The van der Waals surface area contributed by atoms with E-state index in [0.717, 1.165) is 27.7 Å². The molecular weight excluding hydrogens is 480 g/mol. The van der Waals surface area contributed by atoms with Gasteiger partial charge in [-0.15, -0.1) is 10.2 Å². The third-order valence-electron chi connectivity index (χ3n) is 5.49. The molecular formula is C27H27ClN4O2S. The van der Waals surface area contributed by atoms with Crippen molar-refractivity contribution in [1.82, 2.24) is 20.1 Å². The maximum atomic E-state index is 12.6. The van der Waals surface area contributed by atoms with Crippen molar-refractivity contribution < 1.29 is 9.53 Å². The van der Waals surface area contributed by atoms with Crippen molar-refractivity contribution in [2.75, 3.05) is 13.7 Å². The van der Waals surface area contributed by atoms with Gasteiger partial charge in [0.25, 0.3) is 0 Å². The topological polar surface area (TPSA) is 69.0 Å². The summed E-state index contributed by atoms with van der Waals surface area (Å²) in [5.41, 5.74) is 4.17. The minimum absolute atomic E-state index is 0.0365. The monoisotopic (exact) mass is 506 g/mol. The van der Waals surface area contributed by atoms with Crippen molar-refractivity contribution in [3.63, 3.8) is 0 Å². The molecule has 6 nitrogen and oxygen atoms in total. The largest absolute Gasteiger partial charge is 0.375 e. The smallest absolute Gasteiger partial charge is 0.246 e.